The number of aromatic hydroxyl groups is 1. The molecule has 0 fully saturated rings. The fraction of sp³-hybridized carbons (Fsp3) is 0.0714. The van der Waals surface area contributed by atoms with Crippen molar-refractivity contribution in [2.24, 2.45) is 0 Å². The van der Waals surface area contributed by atoms with Gasteiger partial charge in [-0.25, -0.2) is 9.97 Å². The van der Waals surface area contributed by atoms with E-state index in [1.807, 2.05) is 0 Å². The molecule has 0 spiro atoms. The number of nitrogens with one attached hydrogen (secondary N) is 1. The molecule has 1 aromatic carbocycles. The number of rotatable bonds is 1. The second kappa shape index (κ2) is 5.24. The average molecular weight is 342 g/mol. The van der Waals surface area contributed by atoms with Gasteiger partial charge in [-0.2, -0.15) is 13.2 Å². The lowest BCUT2D eigenvalue weighted by Crippen LogP contribution is -2.12. The van der Waals surface area contributed by atoms with Gasteiger partial charge in [0, 0.05) is 23.0 Å². The Morgan fingerprint density at radius 1 is 1.17 bits per heavy atom. The fourth-order valence-electron chi connectivity index (χ4n) is 2.14. The highest BCUT2D eigenvalue weighted by Gasteiger charge is 2.31. The first-order valence-corrected chi connectivity index (χ1v) is 6.60. The number of aromatic amines is 1. The van der Waals surface area contributed by atoms with Crippen LogP contribution in [0.15, 0.2) is 35.4 Å². The monoisotopic (exact) mass is 341 g/mol. The van der Waals surface area contributed by atoms with Crippen molar-refractivity contribution in [2.75, 3.05) is 0 Å². The standard InChI is InChI=1S/C14H7ClF3N3O2/c15-8-2-1-6(14(16,17)18)5-7(8)9-11(22)10-12(21-13(9)23)20-4-3-19-10/h1-5H,(H2,20,21,22,23). The van der Waals surface area contributed by atoms with Crippen molar-refractivity contribution in [1.29, 1.82) is 0 Å². The molecule has 2 heterocycles. The van der Waals surface area contributed by atoms with Crippen LogP contribution in [0.2, 0.25) is 5.02 Å². The molecule has 0 bridgehead atoms. The van der Waals surface area contributed by atoms with Gasteiger partial charge >= 0.3 is 6.18 Å². The van der Waals surface area contributed by atoms with Crippen molar-refractivity contribution in [3.63, 3.8) is 0 Å². The SMILES string of the molecule is O=c1[nH]c2nccnc2c(O)c1-c1cc(C(F)(F)F)ccc1Cl. The van der Waals surface area contributed by atoms with Crippen LogP contribution < -0.4 is 5.56 Å². The van der Waals surface area contributed by atoms with Gasteiger partial charge in [0.05, 0.1) is 11.1 Å². The molecule has 3 rings (SSSR count). The Balaban J connectivity index is 2.35. The third-order valence-electron chi connectivity index (χ3n) is 3.18. The first-order valence-electron chi connectivity index (χ1n) is 6.22. The molecule has 118 valence electrons. The Hall–Kier alpha value is -2.61. The highest BCUT2D eigenvalue weighted by molar-refractivity contribution is 6.33. The lowest BCUT2D eigenvalue weighted by molar-refractivity contribution is -0.137. The fourth-order valence-corrected chi connectivity index (χ4v) is 2.35. The van der Waals surface area contributed by atoms with Crippen LogP contribution in [0.3, 0.4) is 0 Å². The maximum atomic E-state index is 12.9. The summed E-state index contributed by atoms with van der Waals surface area (Å²) >= 11 is 5.91. The van der Waals surface area contributed by atoms with Crippen molar-refractivity contribution >= 4 is 22.8 Å². The number of hydrogen-bond donors (Lipinski definition) is 2. The van der Waals surface area contributed by atoms with Crippen LogP contribution >= 0.6 is 11.6 Å². The number of H-pyrrole nitrogens is 1. The van der Waals surface area contributed by atoms with Crippen LogP contribution in [0.5, 0.6) is 5.75 Å². The predicted octanol–water partition coefficient (Wildman–Crippen LogP) is 3.36. The lowest BCUT2D eigenvalue weighted by Gasteiger charge is -2.11. The van der Waals surface area contributed by atoms with Crippen LogP contribution in [0.4, 0.5) is 13.2 Å². The summed E-state index contributed by atoms with van der Waals surface area (Å²) in [6.45, 7) is 0. The van der Waals surface area contributed by atoms with Gasteiger partial charge in [0.2, 0.25) is 0 Å². The smallest absolute Gasteiger partial charge is 0.416 e. The lowest BCUT2D eigenvalue weighted by atomic mass is 10.0. The minimum Gasteiger partial charge on any atom is -0.505 e. The molecule has 0 aliphatic rings. The Morgan fingerprint density at radius 2 is 1.87 bits per heavy atom. The van der Waals surface area contributed by atoms with Gasteiger partial charge in [0.15, 0.2) is 11.4 Å². The van der Waals surface area contributed by atoms with Gasteiger partial charge < -0.3 is 10.1 Å². The molecule has 0 saturated carbocycles. The molecule has 0 aliphatic carbocycles. The number of benzene rings is 1. The molecule has 0 atom stereocenters. The van der Waals surface area contributed by atoms with E-state index in [4.69, 9.17) is 11.6 Å². The molecule has 5 nitrogen and oxygen atoms in total. The maximum absolute atomic E-state index is 12.9. The molecular formula is C14H7ClF3N3O2. The minimum absolute atomic E-state index is 0.0156. The summed E-state index contributed by atoms with van der Waals surface area (Å²) in [6, 6.07) is 2.51. The Morgan fingerprint density at radius 3 is 2.57 bits per heavy atom. The zero-order valence-corrected chi connectivity index (χ0v) is 11.9. The molecule has 0 radical (unpaired) electrons. The molecule has 0 aliphatic heterocycles. The highest BCUT2D eigenvalue weighted by atomic mass is 35.5. The van der Waals surface area contributed by atoms with Crippen LogP contribution in [-0.2, 0) is 6.18 Å². The summed E-state index contributed by atoms with van der Waals surface area (Å²) in [5.41, 5.74) is -2.48. The van der Waals surface area contributed by atoms with E-state index in [1.165, 1.54) is 12.4 Å². The topological polar surface area (TPSA) is 78.9 Å². The minimum atomic E-state index is -4.61. The van der Waals surface area contributed by atoms with Crippen molar-refractivity contribution in [3.05, 3.63) is 51.5 Å². The molecule has 9 heteroatoms. The zero-order valence-electron chi connectivity index (χ0n) is 11.1. The van der Waals surface area contributed by atoms with Gasteiger partial charge in [0.1, 0.15) is 5.52 Å². The summed E-state index contributed by atoms with van der Waals surface area (Å²) in [5, 5.41) is 10.1. The van der Waals surface area contributed by atoms with E-state index in [2.05, 4.69) is 15.0 Å². The van der Waals surface area contributed by atoms with Crippen molar-refractivity contribution in [2.45, 2.75) is 6.18 Å². The number of aromatic nitrogens is 3. The van der Waals surface area contributed by atoms with E-state index in [0.29, 0.717) is 6.07 Å². The molecule has 23 heavy (non-hydrogen) atoms. The van der Waals surface area contributed by atoms with Gasteiger partial charge in [-0.1, -0.05) is 11.6 Å². The highest BCUT2D eigenvalue weighted by Crippen LogP contribution is 2.38. The summed E-state index contributed by atoms with van der Waals surface area (Å²) < 4.78 is 38.6. The number of pyridine rings is 1. The Labute approximate surface area is 131 Å². The van der Waals surface area contributed by atoms with Crippen molar-refractivity contribution in [3.8, 4) is 16.9 Å². The largest absolute Gasteiger partial charge is 0.505 e. The van der Waals surface area contributed by atoms with E-state index in [0.717, 1.165) is 12.1 Å². The van der Waals surface area contributed by atoms with E-state index < -0.39 is 28.6 Å². The summed E-state index contributed by atoms with van der Waals surface area (Å²) in [7, 11) is 0. The Bertz CT molecular complexity index is 970. The summed E-state index contributed by atoms with van der Waals surface area (Å²) in [5.74, 6) is -0.585. The van der Waals surface area contributed by atoms with E-state index in [9.17, 15) is 23.1 Å². The number of alkyl halides is 3. The van der Waals surface area contributed by atoms with Gasteiger partial charge in [-0.15, -0.1) is 0 Å². The molecule has 0 saturated heterocycles. The number of hydrogen-bond acceptors (Lipinski definition) is 4. The van der Waals surface area contributed by atoms with E-state index in [1.54, 1.807) is 0 Å². The van der Waals surface area contributed by atoms with E-state index in [-0.39, 0.29) is 21.7 Å². The van der Waals surface area contributed by atoms with Crippen LogP contribution in [-0.4, -0.2) is 20.1 Å². The second-order valence-corrected chi connectivity index (χ2v) is 5.03. The summed E-state index contributed by atoms with van der Waals surface area (Å²) in [6.07, 6.45) is -2.04. The third-order valence-corrected chi connectivity index (χ3v) is 3.51. The quantitative estimate of drug-likeness (QED) is 0.711. The number of halogens is 4. The first kappa shape index (κ1) is 15.3. The summed E-state index contributed by atoms with van der Waals surface area (Å²) in [4.78, 5) is 22.2. The second-order valence-electron chi connectivity index (χ2n) is 4.62. The Kier molecular flexibility index (Phi) is 3.48. The molecule has 2 aromatic heterocycles. The number of fused-ring (bicyclic) bond motifs is 1. The van der Waals surface area contributed by atoms with Crippen LogP contribution in [0, 0.1) is 0 Å². The van der Waals surface area contributed by atoms with Gasteiger partial charge in [0.25, 0.3) is 5.56 Å². The third kappa shape index (κ3) is 2.61. The van der Waals surface area contributed by atoms with E-state index >= 15 is 0 Å². The van der Waals surface area contributed by atoms with Crippen LogP contribution in [0.1, 0.15) is 5.56 Å². The normalized spacial score (nSPS) is 11.8. The number of nitrogens with zero attached hydrogens (tertiary/aromatic N) is 2. The molecular weight excluding hydrogens is 335 g/mol. The van der Waals surface area contributed by atoms with Crippen molar-refractivity contribution in [1.82, 2.24) is 15.0 Å². The predicted molar refractivity (Wildman–Crippen MR) is 77.3 cm³/mol. The molecule has 0 unspecified atom stereocenters. The molecule has 0 amide bonds. The molecule has 3 aromatic rings. The van der Waals surface area contributed by atoms with Gasteiger partial charge in [-0.3, -0.25) is 4.79 Å². The van der Waals surface area contributed by atoms with Crippen molar-refractivity contribution < 1.29 is 18.3 Å². The average Bonchev–Trinajstić information content (AvgIpc) is 2.48. The maximum Gasteiger partial charge on any atom is 0.416 e. The molecule has 2 N–H and O–H groups in total. The zero-order chi connectivity index (χ0) is 16.8. The van der Waals surface area contributed by atoms with Gasteiger partial charge in [-0.05, 0) is 18.2 Å². The first-order chi connectivity index (χ1) is 10.8. The van der Waals surface area contributed by atoms with Crippen LogP contribution in [0.25, 0.3) is 22.3 Å².